The zero-order chi connectivity index (χ0) is 13.7. The number of rotatable bonds is 3. The van der Waals surface area contributed by atoms with Crippen LogP contribution in [0.2, 0.25) is 0 Å². The lowest BCUT2D eigenvalue weighted by atomic mass is 9.86. The quantitative estimate of drug-likeness (QED) is 0.669. The summed E-state index contributed by atoms with van der Waals surface area (Å²) in [6.07, 6.45) is 7.48. The molecule has 1 amide bonds. The first-order chi connectivity index (χ1) is 9.20. The molecule has 1 aromatic rings. The third kappa shape index (κ3) is 3.47. The normalized spacial score (nSPS) is 23.7. The Hall–Kier alpha value is -2.02. The molecule has 2 atom stereocenters. The van der Waals surface area contributed by atoms with Gasteiger partial charge in [-0.3, -0.25) is 4.79 Å². The van der Waals surface area contributed by atoms with E-state index in [-0.39, 0.29) is 17.5 Å². The summed E-state index contributed by atoms with van der Waals surface area (Å²) in [5.41, 5.74) is 0.0905. The topological polar surface area (TPSA) is 66.0 Å². The van der Waals surface area contributed by atoms with E-state index in [0.717, 1.165) is 19.3 Å². The zero-order valence-corrected chi connectivity index (χ0v) is 11.1. The van der Waals surface area contributed by atoms with Gasteiger partial charge in [-0.1, -0.05) is 19.8 Å². The predicted octanol–water partition coefficient (Wildman–Crippen LogP) is 2.88. The van der Waals surface area contributed by atoms with E-state index in [1.807, 2.05) is 6.07 Å². The Morgan fingerprint density at radius 1 is 1.53 bits per heavy atom. The largest absolute Gasteiger partial charge is 0.465 e. The number of nitriles is 1. The summed E-state index contributed by atoms with van der Waals surface area (Å²) in [6.45, 7) is 2.15. The molecule has 1 aromatic heterocycles. The maximum atomic E-state index is 12.1. The third-order valence-electron chi connectivity index (χ3n) is 3.62. The minimum absolute atomic E-state index is 0.0905. The second-order valence-corrected chi connectivity index (χ2v) is 5.03. The van der Waals surface area contributed by atoms with Gasteiger partial charge in [-0.15, -0.1) is 0 Å². The summed E-state index contributed by atoms with van der Waals surface area (Å²) >= 11 is 0. The van der Waals surface area contributed by atoms with Gasteiger partial charge in [0, 0.05) is 12.1 Å². The molecule has 0 radical (unpaired) electrons. The SMILES string of the molecule is C[C@@H]1CCCC[C@H]1NC(=O)/C(C#N)=C/c1ccco1. The molecule has 1 fully saturated rings. The van der Waals surface area contributed by atoms with Crippen molar-refractivity contribution in [1.82, 2.24) is 5.32 Å². The molecule has 1 N–H and O–H groups in total. The molecule has 2 rings (SSSR count). The van der Waals surface area contributed by atoms with Gasteiger partial charge in [-0.05, 0) is 30.9 Å². The van der Waals surface area contributed by atoms with Crippen molar-refractivity contribution in [2.24, 2.45) is 5.92 Å². The molecule has 0 saturated heterocycles. The third-order valence-corrected chi connectivity index (χ3v) is 3.62. The lowest BCUT2D eigenvalue weighted by molar-refractivity contribution is -0.118. The lowest BCUT2D eigenvalue weighted by Gasteiger charge is -2.29. The van der Waals surface area contributed by atoms with Crippen molar-refractivity contribution in [2.75, 3.05) is 0 Å². The highest BCUT2D eigenvalue weighted by atomic mass is 16.3. The fourth-order valence-corrected chi connectivity index (χ4v) is 2.44. The molecule has 0 aromatic carbocycles. The second kappa shape index (κ2) is 6.24. The summed E-state index contributed by atoms with van der Waals surface area (Å²) in [5.74, 6) is 0.683. The monoisotopic (exact) mass is 258 g/mol. The standard InChI is InChI=1S/C15H18N2O2/c1-11-5-2-3-7-14(11)17-15(18)12(10-16)9-13-6-4-8-19-13/h4,6,8-9,11,14H,2-3,5,7H2,1H3,(H,17,18)/b12-9+/t11-,14-/m1/s1. The van der Waals surface area contributed by atoms with Crippen LogP contribution >= 0.6 is 0 Å². The van der Waals surface area contributed by atoms with E-state index in [1.165, 1.54) is 18.8 Å². The Labute approximate surface area is 113 Å². The molecule has 1 aliphatic carbocycles. The molecule has 4 nitrogen and oxygen atoms in total. The van der Waals surface area contributed by atoms with E-state index in [1.54, 1.807) is 12.1 Å². The van der Waals surface area contributed by atoms with Crippen LogP contribution in [0.1, 0.15) is 38.4 Å². The first-order valence-corrected chi connectivity index (χ1v) is 6.67. The fraction of sp³-hybridized carbons (Fsp3) is 0.467. The van der Waals surface area contributed by atoms with Crippen LogP contribution in [0.25, 0.3) is 6.08 Å². The minimum Gasteiger partial charge on any atom is -0.465 e. The second-order valence-electron chi connectivity index (χ2n) is 5.03. The van der Waals surface area contributed by atoms with E-state index in [4.69, 9.17) is 9.68 Å². The highest BCUT2D eigenvalue weighted by molar-refractivity contribution is 6.01. The van der Waals surface area contributed by atoms with Crippen LogP contribution in [-0.2, 0) is 4.79 Å². The van der Waals surface area contributed by atoms with Gasteiger partial charge in [-0.2, -0.15) is 5.26 Å². The van der Waals surface area contributed by atoms with Gasteiger partial charge in [-0.25, -0.2) is 0 Å². The molecule has 0 spiro atoms. The van der Waals surface area contributed by atoms with Crippen molar-refractivity contribution in [3.05, 3.63) is 29.7 Å². The van der Waals surface area contributed by atoms with E-state index in [2.05, 4.69) is 12.2 Å². The first kappa shape index (κ1) is 13.4. The maximum absolute atomic E-state index is 12.1. The molecule has 1 heterocycles. The molecule has 1 saturated carbocycles. The molecule has 4 heteroatoms. The smallest absolute Gasteiger partial charge is 0.262 e. The van der Waals surface area contributed by atoms with Gasteiger partial charge in [0.25, 0.3) is 5.91 Å². The van der Waals surface area contributed by atoms with Gasteiger partial charge < -0.3 is 9.73 Å². The van der Waals surface area contributed by atoms with Gasteiger partial charge >= 0.3 is 0 Å². The van der Waals surface area contributed by atoms with Crippen molar-refractivity contribution in [2.45, 2.75) is 38.6 Å². The molecule has 0 aliphatic heterocycles. The van der Waals surface area contributed by atoms with Gasteiger partial charge in [0.2, 0.25) is 0 Å². The van der Waals surface area contributed by atoms with Crippen molar-refractivity contribution < 1.29 is 9.21 Å². The number of nitrogens with zero attached hydrogens (tertiary/aromatic N) is 1. The average molecular weight is 258 g/mol. The van der Waals surface area contributed by atoms with Crippen LogP contribution in [0.15, 0.2) is 28.4 Å². The predicted molar refractivity (Wildman–Crippen MR) is 71.9 cm³/mol. The van der Waals surface area contributed by atoms with Gasteiger partial charge in [0.1, 0.15) is 17.4 Å². The highest BCUT2D eigenvalue weighted by Gasteiger charge is 2.24. The Morgan fingerprint density at radius 2 is 2.32 bits per heavy atom. The van der Waals surface area contributed by atoms with E-state index >= 15 is 0 Å². The number of hydrogen-bond donors (Lipinski definition) is 1. The number of amides is 1. The van der Waals surface area contributed by atoms with Crippen molar-refractivity contribution >= 4 is 12.0 Å². The van der Waals surface area contributed by atoms with E-state index in [0.29, 0.717) is 11.7 Å². The molecule has 1 aliphatic rings. The summed E-state index contributed by atoms with van der Waals surface area (Å²) in [4.78, 5) is 12.1. The average Bonchev–Trinajstić information content (AvgIpc) is 2.91. The van der Waals surface area contributed by atoms with E-state index in [9.17, 15) is 4.79 Å². The first-order valence-electron chi connectivity index (χ1n) is 6.67. The fourth-order valence-electron chi connectivity index (χ4n) is 2.44. The maximum Gasteiger partial charge on any atom is 0.262 e. The molecular weight excluding hydrogens is 240 g/mol. The molecule has 19 heavy (non-hydrogen) atoms. The number of carbonyl (C=O) groups is 1. The number of nitrogens with one attached hydrogen (secondary N) is 1. The van der Waals surface area contributed by atoms with Crippen molar-refractivity contribution in [1.29, 1.82) is 5.26 Å². The Kier molecular flexibility index (Phi) is 4.40. The van der Waals surface area contributed by atoms with Gasteiger partial charge in [0.05, 0.1) is 6.26 Å². The van der Waals surface area contributed by atoms with Crippen LogP contribution in [0.4, 0.5) is 0 Å². The number of hydrogen-bond acceptors (Lipinski definition) is 3. The van der Waals surface area contributed by atoms with Crippen LogP contribution in [-0.4, -0.2) is 11.9 Å². The van der Waals surface area contributed by atoms with Gasteiger partial charge in [0.15, 0.2) is 0 Å². The van der Waals surface area contributed by atoms with Crippen molar-refractivity contribution in [3.63, 3.8) is 0 Å². The van der Waals surface area contributed by atoms with Crippen LogP contribution in [0.3, 0.4) is 0 Å². The van der Waals surface area contributed by atoms with Crippen molar-refractivity contribution in [3.8, 4) is 6.07 Å². The van der Waals surface area contributed by atoms with Crippen LogP contribution < -0.4 is 5.32 Å². The molecular formula is C15H18N2O2. The molecule has 0 bridgehead atoms. The lowest BCUT2D eigenvalue weighted by Crippen LogP contribution is -2.41. The number of carbonyl (C=O) groups excluding carboxylic acids is 1. The molecule has 100 valence electrons. The summed E-state index contributed by atoms with van der Waals surface area (Å²) in [5, 5.41) is 12.0. The number of furan rings is 1. The minimum atomic E-state index is -0.308. The van der Waals surface area contributed by atoms with E-state index < -0.39 is 0 Å². The van der Waals surface area contributed by atoms with Crippen LogP contribution in [0.5, 0.6) is 0 Å². The molecule has 0 unspecified atom stereocenters. The summed E-state index contributed by atoms with van der Waals surface area (Å²) in [6, 6.07) is 5.55. The van der Waals surface area contributed by atoms with Crippen LogP contribution in [0, 0.1) is 17.2 Å². The Morgan fingerprint density at radius 3 is 2.95 bits per heavy atom. The zero-order valence-electron chi connectivity index (χ0n) is 11.1. The summed E-state index contributed by atoms with van der Waals surface area (Å²) in [7, 11) is 0. The Bertz CT molecular complexity index is 497. The Balaban J connectivity index is 2.03. The summed E-state index contributed by atoms with van der Waals surface area (Å²) < 4.78 is 5.12. The highest BCUT2D eigenvalue weighted by Crippen LogP contribution is 2.24.